The van der Waals surface area contributed by atoms with Gasteiger partial charge in [0.25, 0.3) is 0 Å². The molecule has 1 rings (SSSR count). The molecule has 1 aromatic rings. The van der Waals surface area contributed by atoms with Crippen molar-refractivity contribution in [3.05, 3.63) is 30.3 Å². The van der Waals surface area contributed by atoms with Crippen LogP contribution in [0.15, 0.2) is 30.3 Å². The summed E-state index contributed by atoms with van der Waals surface area (Å²) in [5, 5.41) is 18.8. The minimum absolute atomic E-state index is 0.00308. The van der Waals surface area contributed by atoms with Gasteiger partial charge in [0.15, 0.2) is 0 Å². The van der Waals surface area contributed by atoms with E-state index >= 15 is 0 Å². The number of hydrogen-bond acceptors (Lipinski definition) is 4. The van der Waals surface area contributed by atoms with Gasteiger partial charge in [0, 0.05) is 0 Å². The van der Waals surface area contributed by atoms with Gasteiger partial charge in [0.2, 0.25) is 0 Å². The Morgan fingerprint density at radius 1 is 1.27 bits per heavy atom. The smallest absolute Gasteiger partial charge is 0.422 e. The summed E-state index contributed by atoms with van der Waals surface area (Å²) in [7, 11) is -1.13. The maximum absolute atomic E-state index is 9.49. The highest BCUT2D eigenvalue weighted by molar-refractivity contribution is 6.59. The molecule has 5 heteroatoms. The second kappa shape index (κ2) is 5.28. The Labute approximate surface area is 89.5 Å². The van der Waals surface area contributed by atoms with Crippen LogP contribution >= 0.6 is 0 Å². The Kier molecular flexibility index (Phi) is 4.29. The monoisotopic (exact) mass is 210 g/mol. The summed E-state index contributed by atoms with van der Waals surface area (Å²) in [6.45, 7) is 3.17. The predicted octanol–water partition coefficient (Wildman–Crippen LogP) is 0.0932. The third-order valence-electron chi connectivity index (χ3n) is 1.66. The summed E-state index contributed by atoms with van der Waals surface area (Å²) in [6.07, 6.45) is 0. The molecule has 0 fully saturated rings. The zero-order chi connectivity index (χ0) is 11.3. The molecule has 82 valence electrons. The standard InChI is InChI=1S/C10H15BO4/c1-10(2,12)8-14-15-11(13)9-6-4-3-5-7-9/h3-7,12-13H,8H2,1-2H3. The molecule has 1 aromatic carbocycles. The first kappa shape index (κ1) is 12.2. The zero-order valence-electron chi connectivity index (χ0n) is 8.88. The largest absolute Gasteiger partial charge is 0.523 e. The molecule has 0 unspecified atom stereocenters. The van der Waals surface area contributed by atoms with Crippen molar-refractivity contribution in [2.75, 3.05) is 6.61 Å². The number of benzene rings is 1. The second-order valence-corrected chi connectivity index (χ2v) is 3.93. The highest BCUT2D eigenvalue weighted by Crippen LogP contribution is 2.01. The topological polar surface area (TPSA) is 58.9 Å². The minimum atomic E-state index is -1.13. The lowest BCUT2D eigenvalue weighted by Gasteiger charge is -2.16. The third kappa shape index (κ3) is 4.94. The summed E-state index contributed by atoms with van der Waals surface area (Å²) >= 11 is 0. The minimum Gasteiger partial charge on any atom is -0.422 e. The lowest BCUT2D eigenvalue weighted by Crippen LogP contribution is -2.36. The molecule has 0 aromatic heterocycles. The molecular formula is C10H15BO4. The zero-order valence-corrected chi connectivity index (χ0v) is 8.88. The van der Waals surface area contributed by atoms with Crippen molar-refractivity contribution in [2.24, 2.45) is 0 Å². The van der Waals surface area contributed by atoms with Crippen molar-refractivity contribution in [2.45, 2.75) is 19.4 Å². The summed E-state index contributed by atoms with van der Waals surface area (Å²) in [6, 6.07) is 8.86. The molecular weight excluding hydrogens is 195 g/mol. The van der Waals surface area contributed by atoms with E-state index in [9.17, 15) is 10.1 Å². The van der Waals surface area contributed by atoms with E-state index in [1.165, 1.54) is 0 Å². The van der Waals surface area contributed by atoms with Crippen LogP contribution in [0.25, 0.3) is 0 Å². The molecule has 0 aliphatic heterocycles. The van der Waals surface area contributed by atoms with Gasteiger partial charge in [-0.15, -0.1) is 0 Å². The average Bonchev–Trinajstić information content (AvgIpc) is 2.17. The maximum atomic E-state index is 9.49. The van der Waals surface area contributed by atoms with E-state index < -0.39 is 12.7 Å². The van der Waals surface area contributed by atoms with Crippen LogP contribution in [-0.4, -0.2) is 29.5 Å². The van der Waals surface area contributed by atoms with Crippen LogP contribution in [0.5, 0.6) is 0 Å². The van der Waals surface area contributed by atoms with E-state index in [2.05, 4.69) is 0 Å². The summed E-state index contributed by atoms with van der Waals surface area (Å²) in [4.78, 5) is 9.41. The van der Waals surface area contributed by atoms with Crippen molar-refractivity contribution in [3.63, 3.8) is 0 Å². The predicted molar refractivity (Wildman–Crippen MR) is 57.4 cm³/mol. The van der Waals surface area contributed by atoms with Gasteiger partial charge in [-0.05, 0) is 19.3 Å². The van der Waals surface area contributed by atoms with Gasteiger partial charge in [-0.2, -0.15) is 0 Å². The van der Waals surface area contributed by atoms with Crippen molar-refractivity contribution < 1.29 is 19.8 Å². The fourth-order valence-electron chi connectivity index (χ4n) is 0.916. The first-order valence-corrected chi connectivity index (χ1v) is 4.73. The highest BCUT2D eigenvalue weighted by Gasteiger charge is 2.20. The van der Waals surface area contributed by atoms with Gasteiger partial charge in [0.1, 0.15) is 6.61 Å². The van der Waals surface area contributed by atoms with Crippen LogP contribution < -0.4 is 5.46 Å². The third-order valence-corrected chi connectivity index (χ3v) is 1.66. The van der Waals surface area contributed by atoms with Crippen LogP contribution in [0.4, 0.5) is 0 Å². The van der Waals surface area contributed by atoms with Gasteiger partial charge < -0.3 is 10.1 Å². The lowest BCUT2D eigenvalue weighted by atomic mass is 9.80. The summed E-state index contributed by atoms with van der Waals surface area (Å²) < 4.78 is 0. The highest BCUT2D eigenvalue weighted by atomic mass is 17.2. The Morgan fingerprint density at radius 2 is 1.87 bits per heavy atom. The van der Waals surface area contributed by atoms with Crippen LogP contribution in [0.2, 0.25) is 0 Å². The number of rotatable bonds is 5. The van der Waals surface area contributed by atoms with Crippen LogP contribution in [0.1, 0.15) is 13.8 Å². The lowest BCUT2D eigenvalue weighted by molar-refractivity contribution is -0.248. The van der Waals surface area contributed by atoms with Crippen molar-refractivity contribution >= 4 is 12.6 Å². The molecule has 0 amide bonds. The molecule has 4 nitrogen and oxygen atoms in total. The Bertz CT molecular complexity index is 283. The van der Waals surface area contributed by atoms with Crippen LogP contribution in [-0.2, 0) is 9.69 Å². The molecule has 2 N–H and O–H groups in total. The van der Waals surface area contributed by atoms with Gasteiger partial charge in [-0.3, -0.25) is 4.81 Å². The molecule has 15 heavy (non-hydrogen) atoms. The second-order valence-electron chi connectivity index (χ2n) is 3.93. The van der Waals surface area contributed by atoms with Gasteiger partial charge in [0.05, 0.1) is 5.60 Å². The fourth-order valence-corrected chi connectivity index (χ4v) is 0.916. The van der Waals surface area contributed by atoms with Crippen LogP contribution in [0, 0.1) is 0 Å². The van der Waals surface area contributed by atoms with E-state index in [0.717, 1.165) is 0 Å². The van der Waals surface area contributed by atoms with Gasteiger partial charge >= 0.3 is 7.12 Å². The van der Waals surface area contributed by atoms with Crippen molar-refractivity contribution in [3.8, 4) is 0 Å². The number of hydrogen-bond donors (Lipinski definition) is 2. The quantitative estimate of drug-likeness (QED) is 0.411. The fraction of sp³-hybridized carbons (Fsp3) is 0.400. The van der Waals surface area contributed by atoms with E-state index in [4.69, 9.17) is 9.69 Å². The Morgan fingerprint density at radius 3 is 2.40 bits per heavy atom. The molecule has 0 bridgehead atoms. The number of aliphatic hydroxyl groups is 1. The molecule has 0 aliphatic carbocycles. The molecule has 0 aliphatic rings. The van der Waals surface area contributed by atoms with Gasteiger partial charge in [-0.1, -0.05) is 30.3 Å². The van der Waals surface area contributed by atoms with Crippen molar-refractivity contribution in [1.29, 1.82) is 0 Å². The Hall–Kier alpha value is -0.875. The first-order chi connectivity index (χ1) is 6.99. The van der Waals surface area contributed by atoms with E-state index in [0.29, 0.717) is 5.46 Å². The molecule has 0 radical (unpaired) electrons. The SMILES string of the molecule is CC(C)(O)COOB(O)c1ccccc1. The van der Waals surface area contributed by atoms with E-state index in [-0.39, 0.29) is 6.61 Å². The normalized spacial score (nSPS) is 11.5. The van der Waals surface area contributed by atoms with E-state index in [1.807, 2.05) is 6.07 Å². The molecule has 0 spiro atoms. The molecule has 0 saturated carbocycles. The Balaban J connectivity index is 2.34. The first-order valence-electron chi connectivity index (χ1n) is 4.73. The van der Waals surface area contributed by atoms with E-state index in [1.54, 1.807) is 38.1 Å². The molecule has 0 heterocycles. The summed E-state index contributed by atoms with van der Waals surface area (Å²) in [5.41, 5.74) is -0.371. The molecule has 0 atom stereocenters. The van der Waals surface area contributed by atoms with Crippen molar-refractivity contribution in [1.82, 2.24) is 0 Å². The maximum Gasteiger partial charge on any atom is 0.523 e. The average molecular weight is 210 g/mol. The van der Waals surface area contributed by atoms with Gasteiger partial charge in [-0.25, -0.2) is 4.89 Å². The van der Waals surface area contributed by atoms with Crippen LogP contribution in [0.3, 0.4) is 0 Å². The molecule has 0 saturated heterocycles. The summed E-state index contributed by atoms with van der Waals surface area (Å²) in [5.74, 6) is 0.